The molecule has 2 aromatic heterocycles. The van der Waals surface area contributed by atoms with Gasteiger partial charge in [0, 0.05) is 24.5 Å². The molecule has 0 aliphatic heterocycles. The van der Waals surface area contributed by atoms with Gasteiger partial charge >= 0.3 is 0 Å². The zero-order valence-electron chi connectivity index (χ0n) is 16.0. The van der Waals surface area contributed by atoms with Crippen LogP contribution in [0.2, 0.25) is 0 Å². The summed E-state index contributed by atoms with van der Waals surface area (Å²) in [6.07, 6.45) is 3.80. The van der Waals surface area contributed by atoms with Gasteiger partial charge in [-0.2, -0.15) is 0 Å². The Bertz CT molecular complexity index is 1210. The van der Waals surface area contributed by atoms with E-state index < -0.39 is 0 Å². The molecule has 0 spiro atoms. The monoisotopic (exact) mass is 402 g/mol. The number of rotatable bonds is 6. The fourth-order valence-corrected chi connectivity index (χ4v) is 3.20. The first-order valence-electron chi connectivity index (χ1n) is 9.43. The topological polar surface area (TPSA) is 90.9 Å². The molecule has 0 aliphatic rings. The number of nitrogens with one attached hydrogen (secondary N) is 2. The van der Waals surface area contributed by atoms with Crippen molar-refractivity contribution in [3.8, 4) is 28.1 Å². The van der Waals surface area contributed by atoms with Crippen molar-refractivity contribution < 1.29 is 9.50 Å². The molecule has 0 radical (unpaired) electrons. The number of hydrogen-bond acceptors (Lipinski definition) is 5. The quantitative estimate of drug-likeness (QED) is 0.454. The van der Waals surface area contributed by atoms with Gasteiger partial charge in [0.2, 0.25) is 5.95 Å². The molecule has 2 aromatic carbocycles. The smallest absolute Gasteiger partial charge is 0.260 e. The SMILES string of the molecule is O=c1[nH]c(NCCc2ccccc2O)nc(-c2ccncc2)c1-c1ccc(F)cc1. The summed E-state index contributed by atoms with van der Waals surface area (Å²) in [7, 11) is 0. The van der Waals surface area contributed by atoms with E-state index in [9.17, 15) is 14.3 Å². The molecule has 7 heteroatoms. The van der Waals surface area contributed by atoms with Crippen LogP contribution in [0.25, 0.3) is 22.4 Å². The average Bonchev–Trinajstić information content (AvgIpc) is 2.76. The molecule has 4 aromatic rings. The van der Waals surface area contributed by atoms with Crippen LogP contribution in [0, 0.1) is 5.82 Å². The number of pyridine rings is 1. The third-order valence-corrected chi connectivity index (χ3v) is 4.68. The van der Waals surface area contributed by atoms with E-state index in [0.29, 0.717) is 35.7 Å². The van der Waals surface area contributed by atoms with E-state index in [2.05, 4.69) is 20.3 Å². The summed E-state index contributed by atoms with van der Waals surface area (Å²) in [4.78, 5) is 24.3. The zero-order valence-corrected chi connectivity index (χ0v) is 16.0. The lowest BCUT2D eigenvalue weighted by Gasteiger charge is -2.12. The highest BCUT2D eigenvalue weighted by Gasteiger charge is 2.15. The summed E-state index contributed by atoms with van der Waals surface area (Å²) in [5, 5.41) is 13.0. The molecule has 30 heavy (non-hydrogen) atoms. The Morgan fingerprint density at radius 2 is 1.70 bits per heavy atom. The molecule has 2 heterocycles. The number of halogens is 1. The fraction of sp³-hybridized carbons (Fsp3) is 0.0870. The number of H-pyrrole nitrogens is 1. The second-order valence-electron chi connectivity index (χ2n) is 6.69. The van der Waals surface area contributed by atoms with Gasteiger partial charge in [-0.25, -0.2) is 9.37 Å². The molecule has 0 bridgehead atoms. The molecule has 4 rings (SSSR count). The largest absolute Gasteiger partial charge is 0.508 e. The highest BCUT2D eigenvalue weighted by Crippen LogP contribution is 2.28. The molecular formula is C23H19FN4O2. The Labute approximate surface area is 172 Å². The minimum Gasteiger partial charge on any atom is -0.508 e. The minimum atomic E-state index is -0.379. The summed E-state index contributed by atoms with van der Waals surface area (Å²) in [6, 6.07) is 16.3. The molecule has 0 saturated heterocycles. The van der Waals surface area contributed by atoms with Crippen LogP contribution in [0.15, 0.2) is 77.9 Å². The number of aromatic nitrogens is 3. The van der Waals surface area contributed by atoms with Crippen LogP contribution < -0.4 is 10.9 Å². The van der Waals surface area contributed by atoms with Gasteiger partial charge in [-0.3, -0.25) is 14.8 Å². The summed E-state index contributed by atoms with van der Waals surface area (Å²) in [5.41, 5.74) is 2.57. The van der Waals surface area contributed by atoms with Gasteiger partial charge in [-0.15, -0.1) is 0 Å². The Morgan fingerprint density at radius 3 is 2.43 bits per heavy atom. The highest BCUT2D eigenvalue weighted by atomic mass is 19.1. The van der Waals surface area contributed by atoms with Crippen LogP contribution in [0.3, 0.4) is 0 Å². The molecule has 3 N–H and O–H groups in total. The summed E-state index contributed by atoms with van der Waals surface area (Å²) >= 11 is 0. The van der Waals surface area contributed by atoms with E-state index in [1.54, 1.807) is 48.8 Å². The molecule has 0 saturated carbocycles. The van der Waals surface area contributed by atoms with Crippen LogP contribution in [0.1, 0.15) is 5.56 Å². The third-order valence-electron chi connectivity index (χ3n) is 4.68. The van der Waals surface area contributed by atoms with E-state index >= 15 is 0 Å². The van der Waals surface area contributed by atoms with Crippen LogP contribution in [0.5, 0.6) is 5.75 Å². The van der Waals surface area contributed by atoms with Crippen molar-refractivity contribution in [2.45, 2.75) is 6.42 Å². The first-order chi connectivity index (χ1) is 14.6. The van der Waals surface area contributed by atoms with Crippen molar-refractivity contribution in [3.05, 3.63) is 94.8 Å². The first-order valence-corrected chi connectivity index (χ1v) is 9.43. The lowest BCUT2D eigenvalue weighted by atomic mass is 10.0. The summed E-state index contributed by atoms with van der Waals surface area (Å²) < 4.78 is 13.4. The van der Waals surface area contributed by atoms with Crippen LogP contribution in [-0.2, 0) is 6.42 Å². The maximum atomic E-state index is 13.4. The van der Waals surface area contributed by atoms with Gasteiger partial charge in [-0.1, -0.05) is 30.3 Å². The lowest BCUT2D eigenvalue weighted by Crippen LogP contribution is -2.18. The number of phenolic OH excluding ortho intramolecular Hbond substituents is 1. The number of hydrogen-bond donors (Lipinski definition) is 3. The number of phenols is 1. The van der Waals surface area contributed by atoms with Gasteiger partial charge in [0.25, 0.3) is 5.56 Å². The van der Waals surface area contributed by atoms with Crippen molar-refractivity contribution in [3.63, 3.8) is 0 Å². The maximum absolute atomic E-state index is 13.4. The van der Waals surface area contributed by atoms with Gasteiger partial charge < -0.3 is 10.4 Å². The number of aromatic hydroxyl groups is 1. The predicted molar refractivity (Wildman–Crippen MR) is 114 cm³/mol. The number of aromatic amines is 1. The van der Waals surface area contributed by atoms with Gasteiger partial charge in [0.05, 0.1) is 11.3 Å². The molecule has 0 fully saturated rings. The summed E-state index contributed by atoms with van der Waals surface area (Å²) in [6.45, 7) is 0.464. The Balaban J connectivity index is 1.68. The maximum Gasteiger partial charge on any atom is 0.260 e. The molecule has 6 nitrogen and oxygen atoms in total. The van der Waals surface area contributed by atoms with Crippen molar-refractivity contribution in [2.75, 3.05) is 11.9 Å². The van der Waals surface area contributed by atoms with Gasteiger partial charge in [0.1, 0.15) is 11.6 Å². The van der Waals surface area contributed by atoms with Gasteiger partial charge in [0.15, 0.2) is 0 Å². The fourth-order valence-electron chi connectivity index (χ4n) is 3.20. The van der Waals surface area contributed by atoms with Crippen molar-refractivity contribution >= 4 is 5.95 Å². The standard InChI is InChI=1S/C23H19FN4O2/c24-18-7-5-16(6-8-18)20-21(17-9-12-25-13-10-17)27-23(28-22(20)30)26-14-11-15-3-1-2-4-19(15)29/h1-10,12-13,29H,11,14H2,(H2,26,27,28,30). The van der Waals surface area contributed by atoms with Crippen molar-refractivity contribution in [1.29, 1.82) is 0 Å². The van der Waals surface area contributed by atoms with Crippen LogP contribution >= 0.6 is 0 Å². The predicted octanol–water partition coefficient (Wildman–Crippen LogP) is 4.00. The van der Waals surface area contributed by atoms with Crippen LogP contribution in [0.4, 0.5) is 10.3 Å². The number of anilines is 1. The molecule has 150 valence electrons. The van der Waals surface area contributed by atoms with E-state index in [1.165, 1.54) is 12.1 Å². The van der Waals surface area contributed by atoms with E-state index in [0.717, 1.165) is 11.1 Å². The van der Waals surface area contributed by atoms with Crippen molar-refractivity contribution in [1.82, 2.24) is 15.0 Å². The minimum absolute atomic E-state index is 0.227. The number of nitrogens with zero attached hydrogens (tertiary/aromatic N) is 2. The first kappa shape index (κ1) is 19.3. The number of para-hydroxylation sites is 1. The normalized spacial score (nSPS) is 10.7. The molecule has 0 unspecified atom stereocenters. The zero-order chi connectivity index (χ0) is 20.9. The van der Waals surface area contributed by atoms with E-state index in [1.807, 2.05) is 12.1 Å². The average molecular weight is 402 g/mol. The van der Waals surface area contributed by atoms with Crippen molar-refractivity contribution in [2.24, 2.45) is 0 Å². The van der Waals surface area contributed by atoms with E-state index in [4.69, 9.17) is 0 Å². The molecule has 0 amide bonds. The Hall–Kier alpha value is -4.00. The highest BCUT2D eigenvalue weighted by molar-refractivity contribution is 5.80. The molecule has 0 aliphatic carbocycles. The third kappa shape index (κ3) is 4.20. The van der Waals surface area contributed by atoms with Gasteiger partial charge in [-0.05, 0) is 47.9 Å². The van der Waals surface area contributed by atoms with Crippen LogP contribution in [-0.4, -0.2) is 26.6 Å². The van der Waals surface area contributed by atoms with E-state index in [-0.39, 0.29) is 17.1 Å². The summed E-state index contributed by atoms with van der Waals surface area (Å²) in [5.74, 6) is 0.161. The second kappa shape index (κ2) is 8.57. The Kier molecular flexibility index (Phi) is 5.52. The number of benzene rings is 2. The Morgan fingerprint density at radius 1 is 0.967 bits per heavy atom. The second-order valence-corrected chi connectivity index (χ2v) is 6.69. The lowest BCUT2D eigenvalue weighted by molar-refractivity contribution is 0.468. The molecule has 0 atom stereocenters. The molecular weight excluding hydrogens is 383 g/mol.